The van der Waals surface area contributed by atoms with Crippen LogP contribution in [0.15, 0.2) is 30.3 Å². The second-order valence-corrected chi connectivity index (χ2v) is 4.05. The number of benzene rings is 1. The zero-order valence-corrected chi connectivity index (χ0v) is 9.32. The molecule has 0 aliphatic carbocycles. The number of ether oxygens (including phenoxy) is 2. The van der Waals surface area contributed by atoms with Gasteiger partial charge in [0.15, 0.2) is 6.29 Å². The van der Waals surface area contributed by atoms with Crippen LogP contribution in [0.2, 0.25) is 0 Å². The van der Waals surface area contributed by atoms with Gasteiger partial charge in [0.25, 0.3) is 0 Å². The highest BCUT2D eigenvalue weighted by molar-refractivity contribution is 5.17. The van der Waals surface area contributed by atoms with Gasteiger partial charge in [-0.15, -0.1) is 0 Å². The summed E-state index contributed by atoms with van der Waals surface area (Å²) >= 11 is 0. The lowest BCUT2D eigenvalue weighted by Crippen LogP contribution is -2.48. The predicted molar refractivity (Wildman–Crippen MR) is 59.1 cm³/mol. The van der Waals surface area contributed by atoms with Crippen LogP contribution in [0.3, 0.4) is 0 Å². The van der Waals surface area contributed by atoms with E-state index in [1.165, 1.54) is 0 Å². The first kappa shape index (κ1) is 12.5. The van der Waals surface area contributed by atoms with E-state index < -0.39 is 31.2 Å². The Labute approximate surface area is 99.2 Å². The van der Waals surface area contributed by atoms with Crippen molar-refractivity contribution in [3.8, 4) is 0 Å². The summed E-state index contributed by atoms with van der Waals surface area (Å²) < 4.78 is 11.1. The first-order chi connectivity index (χ1) is 8.25. The number of hydrogen-bond acceptors (Lipinski definition) is 5. The van der Waals surface area contributed by atoms with Gasteiger partial charge >= 0.3 is 0 Å². The molecule has 1 aromatic carbocycles. The van der Waals surface area contributed by atoms with E-state index in [-0.39, 0.29) is 6.61 Å². The molecule has 0 spiro atoms. The first-order valence-corrected chi connectivity index (χ1v) is 5.46. The Morgan fingerprint density at radius 3 is 2.18 bits per heavy atom. The summed E-state index contributed by atoms with van der Waals surface area (Å²) in [6.45, 7) is -1.12. The normalized spacial score (nSPS) is 27.2. The molecule has 1 aliphatic rings. The molecule has 1 saturated heterocycles. The third-order valence-electron chi connectivity index (χ3n) is 2.99. The molecular weight excluding hydrogens is 224 g/mol. The molecular formula is C12H16O5. The number of aliphatic hydroxyl groups excluding tert-OH is 3. The van der Waals surface area contributed by atoms with Gasteiger partial charge in [0.2, 0.25) is 0 Å². The highest BCUT2D eigenvalue weighted by Gasteiger charge is 2.49. The molecule has 0 radical (unpaired) electrons. The van der Waals surface area contributed by atoms with Crippen molar-refractivity contribution in [2.75, 3.05) is 19.8 Å². The van der Waals surface area contributed by atoms with Crippen LogP contribution >= 0.6 is 0 Å². The summed E-state index contributed by atoms with van der Waals surface area (Å²) in [5, 5.41) is 27.8. The molecule has 0 saturated carbocycles. The summed E-state index contributed by atoms with van der Waals surface area (Å²) in [5.41, 5.74) is -0.454. The van der Waals surface area contributed by atoms with Gasteiger partial charge in [-0.3, -0.25) is 0 Å². The zero-order chi connectivity index (χ0) is 12.3. The van der Waals surface area contributed by atoms with E-state index >= 15 is 0 Å². The molecule has 17 heavy (non-hydrogen) atoms. The molecule has 1 fully saturated rings. The minimum Gasteiger partial charge on any atom is -0.394 e. The van der Waals surface area contributed by atoms with Crippen LogP contribution in [0, 0.1) is 0 Å². The maximum atomic E-state index is 9.31. The van der Waals surface area contributed by atoms with Crippen molar-refractivity contribution >= 4 is 0 Å². The lowest BCUT2D eigenvalue weighted by atomic mass is 10.00. The van der Waals surface area contributed by atoms with E-state index in [0.29, 0.717) is 0 Å². The Bertz CT molecular complexity index is 349. The lowest BCUT2D eigenvalue weighted by Gasteiger charge is -2.27. The van der Waals surface area contributed by atoms with Crippen LogP contribution in [-0.2, 0) is 9.47 Å². The third kappa shape index (κ3) is 2.20. The molecule has 3 N–H and O–H groups in total. The molecule has 2 rings (SSSR count). The van der Waals surface area contributed by atoms with Crippen molar-refractivity contribution in [3.05, 3.63) is 35.9 Å². The molecule has 0 bridgehead atoms. The molecule has 5 nitrogen and oxygen atoms in total. The second kappa shape index (κ2) is 5.12. The fourth-order valence-electron chi connectivity index (χ4n) is 1.88. The van der Waals surface area contributed by atoms with E-state index in [4.69, 9.17) is 9.47 Å². The van der Waals surface area contributed by atoms with Crippen molar-refractivity contribution < 1.29 is 24.8 Å². The van der Waals surface area contributed by atoms with Gasteiger partial charge in [0.05, 0.1) is 19.8 Å². The quantitative estimate of drug-likeness (QED) is 0.680. The fraction of sp³-hybridized carbons (Fsp3) is 0.500. The Morgan fingerprint density at radius 1 is 1.06 bits per heavy atom. The van der Waals surface area contributed by atoms with E-state index in [2.05, 4.69) is 0 Å². The molecule has 1 aliphatic heterocycles. The SMILES string of the molecule is OC[C@@H]1OC(c2ccccc2)OC1(CO)CO. The van der Waals surface area contributed by atoms with Gasteiger partial charge in [-0.1, -0.05) is 30.3 Å². The van der Waals surface area contributed by atoms with Gasteiger partial charge in [0.1, 0.15) is 11.7 Å². The first-order valence-electron chi connectivity index (χ1n) is 5.46. The van der Waals surface area contributed by atoms with Gasteiger partial charge in [-0.05, 0) is 0 Å². The van der Waals surface area contributed by atoms with E-state index in [1.54, 1.807) is 0 Å². The summed E-state index contributed by atoms with van der Waals surface area (Å²) in [7, 11) is 0. The maximum Gasteiger partial charge on any atom is 0.185 e. The van der Waals surface area contributed by atoms with Gasteiger partial charge in [0, 0.05) is 5.56 Å². The Morgan fingerprint density at radius 2 is 1.71 bits per heavy atom. The predicted octanol–water partition coefficient (Wildman–Crippen LogP) is -0.184. The summed E-state index contributed by atoms with van der Waals surface area (Å²) in [5.74, 6) is 0. The average Bonchev–Trinajstić information content (AvgIpc) is 2.79. The number of aliphatic hydroxyl groups is 3. The van der Waals surface area contributed by atoms with Crippen LogP contribution in [0.4, 0.5) is 0 Å². The average molecular weight is 240 g/mol. The topological polar surface area (TPSA) is 79.2 Å². The maximum absolute atomic E-state index is 9.31. The zero-order valence-electron chi connectivity index (χ0n) is 9.32. The minimum atomic E-state index is -1.24. The molecule has 2 atom stereocenters. The van der Waals surface area contributed by atoms with Crippen LogP contribution in [0.25, 0.3) is 0 Å². The Balaban J connectivity index is 2.20. The molecule has 0 aromatic heterocycles. The summed E-state index contributed by atoms with van der Waals surface area (Å²) in [4.78, 5) is 0. The van der Waals surface area contributed by atoms with Crippen molar-refractivity contribution in [2.45, 2.75) is 18.0 Å². The third-order valence-corrected chi connectivity index (χ3v) is 2.99. The standard InChI is InChI=1S/C12H16O5/c13-6-10-12(7-14,8-15)17-11(16-10)9-4-2-1-3-5-9/h1-5,10-11,13-15H,6-8H2/t10-,11?/m0/s1. The van der Waals surface area contributed by atoms with Crippen LogP contribution in [0.5, 0.6) is 0 Å². The van der Waals surface area contributed by atoms with Crippen molar-refractivity contribution in [1.29, 1.82) is 0 Å². The Hall–Kier alpha value is -0.980. The monoisotopic (exact) mass is 240 g/mol. The molecule has 0 amide bonds. The highest BCUT2D eigenvalue weighted by Crippen LogP contribution is 2.37. The highest BCUT2D eigenvalue weighted by atomic mass is 16.8. The van der Waals surface area contributed by atoms with Crippen molar-refractivity contribution in [3.63, 3.8) is 0 Å². The van der Waals surface area contributed by atoms with Crippen LogP contribution in [0.1, 0.15) is 11.9 Å². The second-order valence-electron chi connectivity index (χ2n) is 4.05. The molecule has 1 unspecified atom stereocenters. The summed E-state index contributed by atoms with van der Waals surface area (Å²) in [6, 6.07) is 9.20. The lowest BCUT2D eigenvalue weighted by molar-refractivity contribution is -0.124. The molecule has 5 heteroatoms. The largest absolute Gasteiger partial charge is 0.394 e. The number of hydrogen-bond donors (Lipinski definition) is 3. The molecule has 94 valence electrons. The van der Waals surface area contributed by atoms with E-state index in [9.17, 15) is 15.3 Å². The van der Waals surface area contributed by atoms with E-state index in [0.717, 1.165) is 5.56 Å². The van der Waals surface area contributed by atoms with Crippen LogP contribution < -0.4 is 0 Å². The van der Waals surface area contributed by atoms with Crippen molar-refractivity contribution in [2.24, 2.45) is 0 Å². The van der Waals surface area contributed by atoms with Crippen molar-refractivity contribution in [1.82, 2.24) is 0 Å². The minimum absolute atomic E-state index is 0.315. The van der Waals surface area contributed by atoms with Crippen LogP contribution in [-0.4, -0.2) is 46.8 Å². The Kier molecular flexibility index (Phi) is 3.76. The van der Waals surface area contributed by atoms with Gasteiger partial charge < -0.3 is 24.8 Å². The summed E-state index contributed by atoms with van der Waals surface area (Å²) in [6.07, 6.45) is -1.41. The van der Waals surface area contributed by atoms with Gasteiger partial charge in [-0.25, -0.2) is 0 Å². The smallest absolute Gasteiger partial charge is 0.185 e. The van der Waals surface area contributed by atoms with Gasteiger partial charge in [-0.2, -0.15) is 0 Å². The van der Waals surface area contributed by atoms with E-state index in [1.807, 2.05) is 30.3 Å². The number of rotatable bonds is 4. The molecule has 1 aromatic rings. The fourth-order valence-corrected chi connectivity index (χ4v) is 1.88. The molecule has 1 heterocycles.